The van der Waals surface area contributed by atoms with Crippen molar-refractivity contribution in [2.45, 2.75) is 26.1 Å². The molecule has 0 amide bonds. The quantitative estimate of drug-likeness (QED) is 0.0352. The van der Waals surface area contributed by atoms with Crippen molar-refractivity contribution in [2.24, 2.45) is 10.2 Å². The van der Waals surface area contributed by atoms with Crippen LogP contribution in [0.15, 0.2) is 89.1 Å². The predicted molar refractivity (Wildman–Crippen MR) is 235 cm³/mol. The molecular weight excluding hydrogens is 763 g/mol. The van der Waals surface area contributed by atoms with Crippen LogP contribution in [0.4, 0.5) is 16.4 Å². The number of quaternary nitrogens is 2. The van der Waals surface area contributed by atoms with Gasteiger partial charge in [-0.15, -0.1) is 21.6 Å². The standard InChI is InChI=1S/C46H63N7O5S/c1-36-31-40(19-20-42(36)49-50-46-41(32-47)37(2)45(33-48)59-46)51(34-43(38-15-11-9-12-16-38)57-29-27-55-24-22-53(6,7)8)35-44(39-17-13-10-14-18-39)58-30-28-56-26-25-54-23-21-52(3,4)5/h9-20,31,43-44H,21-30,34-35H2,1-8H3/q+2. The van der Waals surface area contributed by atoms with E-state index in [-0.39, 0.29) is 12.2 Å². The molecule has 2 atom stereocenters. The highest BCUT2D eigenvalue weighted by atomic mass is 32.1. The van der Waals surface area contributed by atoms with Gasteiger partial charge in [0, 0.05) is 18.8 Å². The SMILES string of the molecule is Cc1cc(N(CC(OCCOCCOCC[N+](C)(C)C)c2ccccc2)CC(OCCOCC[N+](C)(C)C)c2ccccc2)ccc1N=Nc1sc(C#N)c(C)c1C#N. The number of hydrogen-bond acceptors (Lipinski definition) is 11. The number of thiophene rings is 1. The van der Waals surface area contributed by atoms with Crippen LogP contribution in [0.1, 0.15) is 44.9 Å². The molecule has 0 saturated heterocycles. The molecule has 12 nitrogen and oxygen atoms in total. The van der Waals surface area contributed by atoms with Gasteiger partial charge < -0.3 is 37.6 Å². The number of rotatable bonds is 26. The lowest BCUT2D eigenvalue weighted by Gasteiger charge is -2.33. The summed E-state index contributed by atoms with van der Waals surface area (Å²) in [6.45, 7) is 10.9. The smallest absolute Gasteiger partial charge is 0.158 e. The van der Waals surface area contributed by atoms with E-state index in [1.807, 2.05) is 55.5 Å². The number of aryl methyl sites for hydroxylation is 1. The minimum Gasteiger partial charge on any atom is -0.377 e. The Labute approximate surface area is 356 Å². The van der Waals surface area contributed by atoms with Crippen LogP contribution in [0, 0.1) is 36.5 Å². The number of anilines is 1. The largest absolute Gasteiger partial charge is 0.377 e. The van der Waals surface area contributed by atoms with E-state index >= 15 is 0 Å². The minimum absolute atomic E-state index is 0.268. The summed E-state index contributed by atoms with van der Waals surface area (Å²) in [5.74, 6) is 0. The van der Waals surface area contributed by atoms with Crippen molar-refractivity contribution in [1.82, 2.24) is 0 Å². The van der Waals surface area contributed by atoms with Gasteiger partial charge in [-0.05, 0) is 54.3 Å². The molecule has 0 aliphatic rings. The van der Waals surface area contributed by atoms with Gasteiger partial charge in [-0.1, -0.05) is 60.7 Å². The maximum Gasteiger partial charge on any atom is 0.158 e. The van der Waals surface area contributed by atoms with Crippen LogP contribution in [-0.2, 0) is 23.7 Å². The Morgan fingerprint density at radius 2 is 1.12 bits per heavy atom. The summed E-state index contributed by atoms with van der Waals surface area (Å²) in [4.78, 5) is 2.77. The fraction of sp³-hybridized carbons (Fsp3) is 0.478. The third kappa shape index (κ3) is 16.6. The van der Waals surface area contributed by atoms with Crippen molar-refractivity contribution >= 4 is 27.7 Å². The molecule has 0 N–H and O–H groups in total. The third-order valence-corrected chi connectivity index (χ3v) is 10.6. The molecule has 0 fully saturated rings. The molecule has 0 aliphatic heterocycles. The summed E-state index contributed by atoms with van der Waals surface area (Å²) < 4.78 is 32.6. The van der Waals surface area contributed by atoms with Crippen molar-refractivity contribution in [2.75, 3.05) is 126 Å². The maximum atomic E-state index is 9.73. The first-order valence-electron chi connectivity index (χ1n) is 20.2. The van der Waals surface area contributed by atoms with Gasteiger partial charge in [0.2, 0.25) is 0 Å². The molecule has 0 radical (unpaired) electrons. The Kier molecular flexibility index (Phi) is 19.1. The lowest BCUT2D eigenvalue weighted by Crippen LogP contribution is -2.37. The Morgan fingerprint density at radius 1 is 0.627 bits per heavy atom. The number of nitrogens with zero attached hydrogens (tertiary/aromatic N) is 7. The molecule has 1 heterocycles. The molecule has 316 valence electrons. The fourth-order valence-electron chi connectivity index (χ4n) is 5.98. The van der Waals surface area contributed by atoms with Gasteiger partial charge in [0.25, 0.3) is 0 Å². The lowest BCUT2D eigenvalue weighted by atomic mass is 10.1. The summed E-state index contributed by atoms with van der Waals surface area (Å²) in [6.07, 6.45) is -0.549. The number of nitriles is 2. The first-order valence-corrected chi connectivity index (χ1v) is 21.0. The molecular formula is C46H63N7O5S+2. The number of azo groups is 1. The van der Waals surface area contributed by atoms with E-state index in [0.29, 0.717) is 92.6 Å². The maximum absolute atomic E-state index is 9.73. The Bertz CT molecular complexity index is 1960. The van der Waals surface area contributed by atoms with Crippen molar-refractivity contribution in [1.29, 1.82) is 10.5 Å². The first-order chi connectivity index (χ1) is 28.3. The Balaban J connectivity index is 1.57. The molecule has 0 saturated carbocycles. The molecule has 0 bridgehead atoms. The van der Waals surface area contributed by atoms with Crippen molar-refractivity contribution in [3.05, 3.63) is 112 Å². The second-order valence-electron chi connectivity index (χ2n) is 16.4. The van der Waals surface area contributed by atoms with Gasteiger partial charge in [0.15, 0.2) is 5.00 Å². The zero-order valence-corrected chi connectivity index (χ0v) is 37.0. The van der Waals surface area contributed by atoms with E-state index in [2.05, 4.69) is 99.9 Å². The normalized spacial score (nSPS) is 13.0. The summed E-state index contributed by atoms with van der Waals surface area (Å²) in [5.41, 5.74) is 5.67. The van der Waals surface area contributed by atoms with Crippen LogP contribution in [0.5, 0.6) is 0 Å². The summed E-state index contributed by atoms with van der Waals surface area (Å²) >= 11 is 1.17. The van der Waals surface area contributed by atoms with Crippen molar-refractivity contribution in [3.8, 4) is 12.1 Å². The van der Waals surface area contributed by atoms with Crippen LogP contribution in [0.2, 0.25) is 0 Å². The Morgan fingerprint density at radius 3 is 1.58 bits per heavy atom. The highest BCUT2D eigenvalue weighted by Gasteiger charge is 2.24. The van der Waals surface area contributed by atoms with Crippen molar-refractivity contribution < 1.29 is 32.7 Å². The van der Waals surface area contributed by atoms with Crippen LogP contribution in [-0.4, -0.2) is 130 Å². The van der Waals surface area contributed by atoms with Crippen LogP contribution in [0.3, 0.4) is 0 Å². The highest BCUT2D eigenvalue weighted by molar-refractivity contribution is 7.16. The summed E-state index contributed by atoms with van der Waals surface area (Å²) in [5, 5.41) is 28.6. The number of benzene rings is 3. The molecule has 4 aromatic rings. The van der Waals surface area contributed by atoms with E-state index < -0.39 is 0 Å². The summed E-state index contributed by atoms with van der Waals surface area (Å²) in [6, 6.07) is 31.0. The fourth-order valence-corrected chi connectivity index (χ4v) is 6.86. The first kappa shape index (κ1) is 47.1. The molecule has 13 heteroatoms. The van der Waals surface area contributed by atoms with Crippen LogP contribution >= 0.6 is 11.3 Å². The van der Waals surface area contributed by atoms with Crippen LogP contribution in [0.25, 0.3) is 0 Å². The van der Waals surface area contributed by atoms with E-state index in [1.54, 1.807) is 6.92 Å². The monoisotopic (exact) mass is 825 g/mol. The van der Waals surface area contributed by atoms with E-state index in [9.17, 15) is 10.5 Å². The van der Waals surface area contributed by atoms with Gasteiger partial charge >= 0.3 is 0 Å². The van der Waals surface area contributed by atoms with Crippen LogP contribution < -0.4 is 4.90 Å². The summed E-state index contributed by atoms with van der Waals surface area (Å²) in [7, 11) is 12.9. The zero-order valence-electron chi connectivity index (χ0n) is 36.2. The highest BCUT2D eigenvalue weighted by Crippen LogP contribution is 2.36. The zero-order chi connectivity index (χ0) is 42.7. The van der Waals surface area contributed by atoms with Crippen molar-refractivity contribution in [3.63, 3.8) is 0 Å². The van der Waals surface area contributed by atoms with E-state index in [1.165, 1.54) is 11.3 Å². The average molecular weight is 826 g/mol. The molecule has 1 aromatic heterocycles. The molecule has 59 heavy (non-hydrogen) atoms. The second-order valence-corrected chi connectivity index (χ2v) is 17.4. The van der Waals surface area contributed by atoms with Gasteiger partial charge in [0.05, 0.1) is 106 Å². The second kappa shape index (κ2) is 23.9. The predicted octanol–water partition coefficient (Wildman–Crippen LogP) is 8.31. The van der Waals surface area contributed by atoms with E-state index in [0.717, 1.165) is 44.4 Å². The number of likely N-dealkylation sites (N-methyl/N-ethyl adjacent to an activating group) is 2. The molecule has 4 rings (SSSR count). The van der Waals surface area contributed by atoms with Gasteiger partial charge in [0.1, 0.15) is 42.3 Å². The average Bonchev–Trinajstić information content (AvgIpc) is 3.52. The van der Waals surface area contributed by atoms with Gasteiger partial charge in [-0.2, -0.15) is 10.5 Å². The molecule has 0 aliphatic carbocycles. The molecule has 0 spiro atoms. The number of hydrogen-bond donors (Lipinski definition) is 0. The van der Waals surface area contributed by atoms with E-state index in [4.69, 9.17) is 23.7 Å². The third-order valence-electron chi connectivity index (χ3n) is 9.53. The topological polar surface area (TPSA) is 122 Å². The minimum atomic E-state index is -0.281. The van der Waals surface area contributed by atoms with Gasteiger partial charge in [-0.25, -0.2) is 0 Å². The van der Waals surface area contributed by atoms with Gasteiger partial charge in [-0.3, -0.25) is 0 Å². The Hall–Kier alpha value is -4.54. The molecule has 2 unspecified atom stereocenters. The molecule has 3 aromatic carbocycles. The lowest BCUT2D eigenvalue weighted by molar-refractivity contribution is -0.870. The number of ether oxygens (including phenoxy) is 5.